The number of hydrogen-bond donors (Lipinski definition) is 1. The second-order valence-corrected chi connectivity index (χ2v) is 6.51. The third-order valence-corrected chi connectivity index (χ3v) is 4.96. The van der Waals surface area contributed by atoms with Crippen LogP contribution in [0.1, 0.15) is 16.8 Å². The van der Waals surface area contributed by atoms with Crippen LogP contribution in [0.25, 0.3) is 10.9 Å². The SMILES string of the molecule is O=C(Cc1ccccc1Cl)N1CCc2[nH]c3ccc(F)cc3c2C1. The monoisotopic (exact) mass is 342 g/mol. The molecule has 122 valence electrons. The summed E-state index contributed by atoms with van der Waals surface area (Å²) in [5.74, 6) is -0.219. The summed E-state index contributed by atoms with van der Waals surface area (Å²) in [6, 6.07) is 12.1. The summed E-state index contributed by atoms with van der Waals surface area (Å²) in [6.45, 7) is 1.16. The van der Waals surface area contributed by atoms with Gasteiger partial charge in [0.1, 0.15) is 5.82 Å². The van der Waals surface area contributed by atoms with E-state index in [1.807, 2.05) is 23.1 Å². The Hall–Kier alpha value is -2.33. The topological polar surface area (TPSA) is 36.1 Å². The van der Waals surface area contributed by atoms with Crippen molar-refractivity contribution in [1.29, 1.82) is 0 Å². The van der Waals surface area contributed by atoms with Crippen molar-refractivity contribution in [3.05, 3.63) is 70.1 Å². The van der Waals surface area contributed by atoms with E-state index < -0.39 is 0 Å². The Balaban J connectivity index is 1.59. The summed E-state index contributed by atoms with van der Waals surface area (Å²) in [7, 11) is 0. The highest BCUT2D eigenvalue weighted by molar-refractivity contribution is 6.31. The zero-order chi connectivity index (χ0) is 16.7. The zero-order valence-electron chi connectivity index (χ0n) is 13.0. The lowest BCUT2D eigenvalue weighted by atomic mass is 10.0. The number of H-pyrrole nitrogens is 1. The summed E-state index contributed by atoms with van der Waals surface area (Å²) in [5, 5.41) is 1.47. The molecule has 0 atom stereocenters. The molecule has 1 N–H and O–H groups in total. The summed E-state index contributed by atoms with van der Waals surface area (Å²) >= 11 is 6.15. The van der Waals surface area contributed by atoms with Gasteiger partial charge in [0.15, 0.2) is 0 Å². The number of fused-ring (bicyclic) bond motifs is 3. The Kier molecular flexibility index (Phi) is 3.77. The van der Waals surface area contributed by atoms with E-state index in [4.69, 9.17) is 11.6 Å². The van der Waals surface area contributed by atoms with E-state index >= 15 is 0 Å². The van der Waals surface area contributed by atoms with Crippen molar-refractivity contribution in [2.45, 2.75) is 19.4 Å². The van der Waals surface area contributed by atoms with Crippen LogP contribution >= 0.6 is 11.6 Å². The van der Waals surface area contributed by atoms with Crippen LogP contribution in [-0.4, -0.2) is 22.3 Å². The second-order valence-electron chi connectivity index (χ2n) is 6.11. The maximum Gasteiger partial charge on any atom is 0.227 e. The molecule has 3 aromatic rings. The Morgan fingerprint density at radius 2 is 2.08 bits per heavy atom. The van der Waals surface area contributed by atoms with E-state index in [2.05, 4.69) is 4.98 Å². The highest BCUT2D eigenvalue weighted by Crippen LogP contribution is 2.29. The first-order chi connectivity index (χ1) is 11.6. The minimum Gasteiger partial charge on any atom is -0.358 e. The lowest BCUT2D eigenvalue weighted by molar-refractivity contribution is -0.131. The van der Waals surface area contributed by atoms with Gasteiger partial charge < -0.3 is 9.88 Å². The summed E-state index contributed by atoms with van der Waals surface area (Å²) in [6.07, 6.45) is 1.03. The van der Waals surface area contributed by atoms with Gasteiger partial charge in [-0.25, -0.2) is 4.39 Å². The van der Waals surface area contributed by atoms with Gasteiger partial charge in [0.05, 0.1) is 6.42 Å². The first-order valence-electron chi connectivity index (χ1n) is 7.92. The molecule has 0 unspecified atom stereocenters. The van der Waals surface area contributed by atoms with E-state index in [1.54, 1.807) is 12.1 Å². The van der Waals surface area contributed by atoms with E-state index in [-0.39, 0.29) is 18.1 Å². The number of aromatic nitrogens is 1. The van der Waals surface area contributed by atoms with Crippen molar-refractivity contribution in [3.8, 4) is 0 Å². The van der Waals surface area contributed by atoms with Crippen LogP contribution in [0.4, 0.5) is 4.39 Å². The molecule has 0 fully saturated rings. The molecule has 5 heteroatoms. The van der Waals surface area contributed by atoms with Crippen molar-refractivity contribution in [3.63, 3.8) is 0 Å². The third-order valence-electron chi connectivity index (χ3n) is 4.59. The molecule has 1 aliphatic rings. The van der Waals surface area contributed by atoms with Gasteiger partial charge in [-0.05, 0) is 29.8 Å². The molecule has 3 nitrogen and oxygen atoms in total. The van der Waals surface area contributed by atoms with Crippen LogP contribution in [0.2, 0.25) is 5.02 Å². The minimum atomic E-state index is -0.260. The van der Waals surface area contributed by atoms with E-state index in [1.165, 1.54) is 12.1 Å². The van der Waals surface area contributed by atoms with E-state index in [9.17, 15) is 9.18 Å². The van der Waals surface area contributed by atoms with E-state index in [0.717, 1.165) is 34.1 Å². The normalized spacial score (nSPS) is 14.0. The molecule has 2 heterocycles. The van der Waals surface area contributed by atoms with Gasteiger partial charge in [-0.15, -0.1) is 0 Å². The fourth-order valence-electron chi connectivity index (χ4n) is 3.32. The number of benzene rings is 2. The number of carbonyl (C=O) groups is 1. The van der Waals surface area contributed by atoms with Crippen LogP contribution in [0.5, 0.6) is 0 Å². The standard InChI is InChI=1S/C19H16ClFN2O/c20-16-4-2-1-3-12(16)9-19(24)23-8-7-18-15(11-23)14-10-13(21)5-6-17(14)22-18/h1-6,10,22H,7-9,11H2. The Labute approximate surface area is 144 Å². The zero-order valence-corrected chi connectivity index (χ0v) is 13.7. The number of hydrogen-bond acceptors (Lipinski definition) is 1. The Morgan fingerprint density at radius 1 is 1.25 bits per heavy atom. The first-order valence-corrected chi connectivity index (χ1v) is 8.30. The largest absolute Gasteiger partial charge is 0.358 e. The minimum absolute atomic E-state index is 0.0412. The molecule has 2 aromatic carbocycles. The third kappa shape index (κ3) is 2.67. The molecule has 0 saturated carbocycles. The van der Waals surface area contributed by atoms with Crippen molar-refractivity contribution in [2.75, 3.05) is 6.54 Å². The summed E-state index contributed by atoms with van der Waals surface area (Å²) in [4.78, 5) is 17.8. The average Bonchev–Trinajstić information content (AvgIpc) is 2.94. The summed E-state index contributed by atoms with van der Waals surface area (Å²) < 4.78 is 13.6. The van der Waals surface area contributed by atoms with Gasteiger partial charge in [0.2, 0.25) is 5.91 Å². The Bertz CT molecular complexity index is 934. The van der Waals surface area contributed by atoms with Gasteiger partial charge in [-0.1, -0.05) is 29.8 Å². The fourth-order valence-corrected chi connectivity index (χ4v) is 3.52. The Morgan fingerprint density at radius 3 is 2.92 bits per heavy atom. The fraction of sp³-hybridized carbons (Fsp3) is 0.211. The van der Waals surface area contributed by atoms with Crippen LogP contribution in [0, 0.1) is 5.82 Å². The second kappa shape index (κ2) is 5.95. The molecule has 24 heavy (non-hydrogen) atoms. The highest BCUT2D eigenvalue weighted by Gasteiger charge is 2.24. The van der Waals surface area contributed by atoms with Crippen molar-refractivity contribution in [2.24, 2.45) is 0 Å². The molecule has 0 bridgehead atoms. The molecule has 1 aliphatic heterocycles. The molecule has 1 amide bonds. The summed E-state index contributed by atoms with van der Waals surface area (Å²) in [5.41, 5.74) is 3.86. The number of rotatable bonds is 2. The van der Waals surface area contributed by atoms with Crippen molar-refractivity contribution >= 4 is 28.4 Å². The van der Waals surface area contributed by atoms with Crippen LogP contribution in [0.15, 0.2) is 42.5 Å². The number of amides is 1. The van der Waals surface area contributed by atoms with Crippen LogP contribution in [0.3, 0.4) is 0 Å². The number of nitrogens with zero attached hydrogens (tertiary/aromatic N) is 1. The van der Waals surface area contributed by atoms with E-state index in [0.29, 0.717) is 18.1 Å². The lowest BCUT2D eigenvalue weighted by Gasteiger charge is -2.27. The molecule has 0 saturated heterocycles. The smallest absolute Gasteiger partial charge is 0.227 e. The maximum atomic E-state index is 13.6. The number of aromatic amines is 1. The molecule has 0 spiro atoms. The highest BCUT2D eigenvalue weighted by atomic mass is 35.5. The molecular weight excluding hydrogens is 327 g/mol. The number of halogens is 2. The quantitative estimate of drug-likeness (QED) is 0.748. The van der Waals surface area contributed by atoms with Gasteiger partial charge in [0.25, 0.3) is 0 Å². The number of nitrogens with one attached hydrogen (secondary N) is 1. The van der Waals surface area contributed by atoms with Gasteiger partial charge in [-0.2, -0.15) is 0 Å². The average molecular weight is 343 g/mol. The van der Waals surface area contributed by atoms with Crippen molar-refractivity contribution < 1.29 is 9.18 Å². The molecular formula is C19H16ClFN2O. The predicted octanol–water partition coefficient (Wildman–Crippen LogP) is 4.09. The van der Waals surface area contributed by atoms with Gasteiger partial charge >= 0.3 is 0 Å². The number of carbonyl (C=O) groups excluding carboxylic acids is 1. The van der Waals surface area contributed by atoms with Gasteiger partial charge in [-0.3, -0.25) is 4.79 Å². The lowest BCUT2D eigenvalue weighted by Crippen LogP contribution is -2.36. The first kappa shape index (κ1) is 15.2. The van der Waals surface area contributed by atoms with Crippen LogP contribution < -0.4 is 0 Å². The molecule has 4 rings (SSSR count). The molecule has 0 aliphatic carbocycles. The van der Waals surface area contributed by atoms with Gasteiger partial charge in [0, 0.05) is 46.7 Å². The molecule has 1 aromatic heterocycles. The predicted molar refractivity (Wildman–Crippen MR) is 92.5 cm³/mol. The van der Waals surface area contributed by atoms with Crippen molar-refractivity contribution in [1.82, 2.24) is 9.88 Å². The molecule has 0 radical (unpaired) electrons. The maximum absolute atomic E-state index is 13.6. The van der Waals surface area contributed by atoms with Crippen LogP contribution in [-0.2, 0) is 24.2 Å².